The lowest BCUT2D eigenvalue weighted by Gasteiger charge is -2.09. The Morgan fingerprint density at radius 1 is 1.56 bits per heavy atom. The van der Waals surface area contributed by atoms with Crippen molar-refractivity contribution in [1.82, 2.24) is 0 Å². The van der Waals surface area contributed by atoms with Crippen LogP contribution < -0.4 is 5.32 Å². The smallest absolute Gasteiger partial charge is 0.258 e. The van der Waals surface area contributed by atoms with E-state index >= 15 is 0 Å². The average molecular weight is 249 g/mol. The molecular weight excluding hydrogens is 237 g/mol. The second kappa shape index (κ2) is 5.78. The maximum Gasteiger partial charge on any atom is 0.258 e. The van der Waals surface area contributed by atoms with Gasteiger partial charge < -0.3 is 10.4 Å². The van der Waals surface area contributed by atoms with Crippen molar-refractivity contribution >= 4 is 16.7 Å². The lowest BCUT2D eigenvalue weighted by atomic mass is 10.1. The zero-order valence-corrected chi connectivity index (χ0v) is 9.41. The molecule has 7 heteroatoms. The molecule has 2 N–H and O–H groups in total. The van der Waals surface area contributed by atoms with E-state index in [0.29, 0.717) is 5.56 Å². The zero-order valence-electron chi connectivity index (χ0n) is 8.51. The number of benzene rings is 1. The normalized spacial score (nSPS) is 12.8. The van der Waals surface area contributed by atoms with Gasteiger partial charge in [-0.1, -0.05) is 6.07 Å². The summed E-state index contributed by atoms with van der Waals surface area (Å²) in [6.45, 7) is 1.20. The first-order chi connectivity index (χ1) is 7.50. The van der Waals surface area contributed by atoms with Crippen LogP contribution >= 0.6 is 0 Å². The van der Waals surface area contributed by atoms with Crippen LogP contribution in [0.4, 0.5) is 10.1 Å². The van der Waals surface area contributed by atoms with Crippen LogP contribution in [-0.4, -0.2) is 20.3 Å². The zero-order chi connectivity index (χ0) is 12.1. The predicted octanol–water partition coefficient (Wildman–Crippen LogP) is 0.791. The number of aliphatic hydroxyl groups excluding tert-OH is 1. The third kappa shape index (κ3) is 3.76. The molecule has 0 spiro atoms. The molecule has 0 aliphatic carbocycles. The van der Waals surface area contributed by atoms with E-state index in [1.165, 1.54) is 18.2 Å². The summed E-state index contributed by atoms with van der Waals surface area (Å²) in [7, 11) is -2.96. The van der Waals surface area contributed by atoms with E-state index in [-0.39, 0.29) is 12.4 Å². The van der Waals surface area contributed by atoms with Crippen LogP contribution in [0.3, 0.4) is 0 Å². The summed E-state index contributed by atoms with van der Waals surface area (Å²) in [5.74, 6) is -0.547. The molecule has 16 heavy (non-hydrogen) atoms. The summed E-state index contributed by atoms with van der Waals surface area (Å²) in [6, 6.07) is 4.02. The maximum atomic E-state index is 13.2. The number of nitrogens with one attached hydrogen (secondary N) is 1. The van der Waals surface area contributed by atoms with Crippen LogP contribution in [-0.2, 0) is 15.2 Å². The molecule has 0 saturated heterocycles. The number of rotatable bonds is 5. The van der Waals surface area contributed by atoms with Gasteiger partial charge in [-0.3, -0.25) is 4.18 Å². The fraction of sp³-hybridized carbons (Fsp3) is 0.333. The van der Waals surface area contributed by atoms with Crippen LogP contribution in [0.15, 0.2) is 18.2 Å². The standard InChI is InChI=1S/C9H12FNO4S/c1-6(12)7-2-3-8(10)9(4-7)11-5-15-16(13)14/h2-4,6,11-12,16H,5H2,1H3/t6-/m1/s1. The van der Waals surface area contributed by atoms with Crippen LogP contribution in [0.5, 0.6) is 0 Å². The van der Waals surface area contributed by atoms with Gasteiger partial charge in [-0.25, -0.2) is 12.8 Å². The fourth-order valence-corrected chi connectivity index (χ4v) is 1.27. The van der Waals surface area contributed by atoms with Gasteiger partial charge in [0, 0.05) is 0 Å². The van der Waals surface area contributed by atoms with E-state index in [9.17, 15) is 17.9 Å². The van der Waals surface area contributed by atoms with Crippen molar-refractivity contribution in [3.8, 4) is 0 Å². The fourth-order valence-electron chi connectivity index (χ4n) is 1.10. The molecule has 0 unspecified atom stereocenters. The van der Waals surface area contributed by atoms with E-state index < -0.39 is 22.9 Å². The Labute approximate surface area is 94.0 Å². The number of thiol groups is 1. The molecular formula is C9H12FNO4S. The van der Waals surface area contributed by atoms with Crippen molar-refractivity contribution in [3.63, 3.8) is 0 Å². The van der Waals surface area contributed by atoms with E-state index in [1.807, 2.05) is 0 Å². The lowest BCUT2D eigenvalue weighted by molar-refractivity contribution is 0.199. The van der Waals surface area contributed by atoms with Crippen molar-refractivity contribution in [2.75, 3.05) is 12.0 Å². The van der Waals surface area contributed by atoms with Crippen molar-refractivity contribution in [2.45, 2.75) is 13.0 Å². The van der Waals surface area contributed by atoms with Crippen molar-refractivity contribution in [1.29, 1.82) is 0 Å². The minimum atomic E-state index is -2.96. The third-order valence-corrected chi connectivity index (χ3v) is 2.25. The summed E-state index contributed by atoms with van der Waals surface area (Å²) in [5.41, 5.74) is 0.602. The highest BCUT2D eigenvalue weighted by atomic mass is 32.2. The lowest BCUT2D eigenvalue weighted by Crippen LogP contribution is -2.07. The summed E-state index contributed by atoms with van der Waals surface area (Å²) in [4.78, 5) is 0. The monoisotopic (exact) mass is 249 g/mol. The van der Waals surface area contributed by atoms with E-state index in [1.54, 1.807) is 6.92 Å². The number of hydrogen-bond donors (Lipinski definition) is 3. The molecule has 90 valence electrons. The predicted molar refractivity (Wildman–Crippen MR) is 56.9 cm³/mol. The van der Waals surface area contributed by atoms with Crippen LogP contribution in [0.1, 0.15) is 18.6 Å². The van der Waals surface area contributed by atoms with Crippen molar-refractivity contribution in [2.24, 2.45) is 0 Å². The number of aliphatic hydroxyl groups is 1. The first-order valence-corrected chi connectivity index (χ1v) is 5.59. The molecule has 0 heterocycles. The quantitative estimate of drug-likeness (QED) is 0.531. The van der Waals surface area contributed by atoms with E-state index in [0.717, 1.165) is 0 Å². The average Bonchev–Trinajstić information content (AvgIpc) is 2.20. The van der Waals surface area contributed by atoms with Gasteiger partial charge in [0.15, 0.2) is 0 Å². The van der Waals surface area contributed by atoms with Gasteiger partial charge in [0.1, 0.15) is 12.5 Å². The minimum Gasteiger partial charge on any atom is -0.389 e. The Balaban J connectivity index is 2.74. The maximum absolute atomic E-state index is 13.2. The summed E-state index contributed by atoms with van der Waals surface area (Å²) in [5, 5.41) is 11.7. The van der Waals surface area contributed by atoms with Gasteiger partial charge in [0.05, 0.1) is 11.8 Å². The molecule has 0 fully saturated rings. The van der Waals surface area contributed by atoms with Gasteiger partial charge >= 0.3 is 0 Å². The first kappa shape index (κ1) is 12.9. The Hall–Kier alpha value is -1.18. The highest BCUT2D eigenvalue weighted by Gasteiger charge is 2.06. The molecule has 0 aliphatic heterocycles. The molecule has 1 aromatic carbocycles. The first-order valence-electron chi connectivity index (χ1n) is 4.49. The summed E-state index contributed by atoms with van der Waals surface area (Å²) >= 11 is 0. The third-order valence-electron chi connectivity index (χ3n) is 1.91. The van der Waals surface area contributed by atoms with Crippen LogP contribution in [0.2, 0.25) is 0 Å². The number of halogens is 1. The van der Waals surface area contributed by atoms with Gasteiger partial charge in [0.25, 0.3) is 11.0 Å². The molecule has 0 bridgehead atoms. The SMILES string of the molecule is C[C@@H](O)c1ccc(F)c(NCO[SH](=O)=O)c1. The molecule has 0 saturated carbocycles. The highest BCUT2D eigenvalue weighted by molar-refractivity contribution is 7.67. The topological polar surface area (TPSA) is 75.6 Å². The van der Waals surface area contributed by atoms with Gasteiger partial charge in [0.2, 0.25) is 0 Å². The van der Waals surface area contributed by atoms with Crippen LogP contribution in [0, 0.1) is 5.82 Å². The van der Waals surface area contributed by atoms with Gasteiger partial charge in [-0.15, -0.1) is 0 Å². The Morgan fingerprint density at radius 3 is 2.81 bits per heavy atom. The molecule has 0 radical (unpaired) electrons. The molecule has 1 atom stereocenters. The minimum absolute atomic E-state index is 0.0789. The van der Waals surface area contributed by atoms with Crippen LogP contribution in [0.25, 0.3) is 0 Å². The molecule has 1 rings (SSSR count). The van der Waals surface area contributed by atoms with Crippen molar-refractivity contribution in [3.05, 3.63) is 29.6 Å². The van der Waals surface area contributed by atoms with E-state index in [4.69, 9.17) is 0 Å². The summed E-state index contributed by atoms with van der Waals surface area (Å²) in [6.07, 6.45) is -0.724. The van der Waals surface area contributed by atoms with Gasteiger partial charge in [-0.2, -0.15) is 0 Å². The summed E-state index contributed by atoms with van der Waals surface area (Å²) < 4.78 is 37.6. The van der Waals surface area contributed by atoms with Crippen molar-refractivity contribution < 1.29 is 22.1 Å². The largest absolute Gasteiger partial charge is 0.389 e. The molecule has 0 aromatic heterocycles. The molecule has 1 aromatic rings. The Morgan fingerprint density at radius 2 is 2.25 bits per heavy atom. The van der Waals surface area contributed by atoms with Gasteiger partial charge in [-0.05, 0) is 24.6 Å². The Bertz CT molecular complexity index is 426. The van der Waals surface area contributed by atoms with E-state index in [2.05, 4.69) is 9.50 Å². The highest BCUT2D eigenvalue weighted by Crippen LogP contribution is 2.20. The molecule has 0 amide bonds. The molecule has 0 aliphatic rings. The second-order valence-electron chi connectivity index (χ2n) is 3.09. The Kier molecular flexibility index (Phi) is 4.66. The number of hydrogen-bond acceptors (Lipinski definition) is 5. The second-order valence-corrected chi connectivity index (χ2v) is 3.79. The number of anilines is 1. The molecule has 5 nitrogen and oxygen atoms in total.